The first kappa shape index (κ1) is 15.3. The molecular weight excluding hydrogens is 292 g/mol. The number of hydrogen-bond donors (Lipinski definition) is 1. The zero-order valence-electron chi connectivity index (χ0n) is 12.1. The lowest BCUT2D eigenvalue weighted by atomic mass is 10.1. The Labute approximate surface area is 127 Å². The van der Waals surface area contributed by atoms with Crippen molar-refractivity contribution < 1.29 is 4.92 Å². The molecule has 0 aliphatic rings. The lowest BCUT2D eigenvalue weighted by molar-refractivity contribution is -0.384. The number of nitro benzene ring substituents is 1. The number of nitrogens with one attached hydrogen (secondary N) is 1. The smallest absolute Gasteiger partial charge is 0.271 e. The number of nitro groups is 1. The molecule has 0 aliphatic carbocycles. The number of non-ortho nitro benzene ring substituents is 1. The van der Waals surface area contributed by atoms with Crippen molar-refractivity contribution in [2.45, 2.75) is 32.9 Å². The van der Waals surface area contributed by atoms with Crippen LogP contribution in [0.25, 0.3) is 0 Å². The summed E-state index contributed by atoms with van der Waals surface area (Å²) in [6, 6.07) is 4.32. The Kier molecular flexibility index (Phi) is 4.18. The van der Waals surface area contributed by atoms with Crippen molar-refractivity contribution >= 4 is 23.0 Å². The van der Waals surface area contributed by atoms with Gasteiger partial charge in [0.2, 0.25) is 0 Å². The first-order valence-corrected chi connectivity index (χ1v) is 6.87. The molecule has 21 heavy (non-hydrogen) atoms. The van der Waals surface area contributed by atoms with Gasteiger partial charge in [-0.25, -0.2) is 0 Å². The number of halogens is 1. The van der Waals surface area contributed by atoms with Crippen LogP contribution in [0, 0.1) is 10.1 Å². The van der Waals surface area contributed by atoms with E-state index in [1.165, 1.54) is 18.2 Å². The molecule has 6 nitrogen and oxygen atoms in total. The highest BCUT2D eigenvalue weighted by atomic mass is 35.5. The molecule has 1 N–H and O–H groups in total. The Morgan fingerprint density at radius 1 is 1.43 bits per heavy atom. The predicted octanol–water partition coefficient (Wildman–Crippen LogP) is 3.81. The maximum atomic E-state index is 10.8. The van der Waals surface area contributed by atoms with Gasteiger partial charge in [0.25, 0.3) is 5.69 Å². The Bertz CT molecular complexity index is 661. The average Bonchev–Trinajstić information content (AvgIpc) is 2.86. The number of anilines is 1. The van der Waals surface area contributed by atoms with Crippen molar-refractivity contribution in [3.63, 3.8) is 0 Å². The molecule has 2 aromatic rings. The molecule has 0 unspecified atom stereocenters. The van der Waals surface area contributed by atoms with E-state index in [1.54, 1.807) is 6.20 Å². The Morgan fingerprint density at radius 2 is 2.14 bits per heavy atom. The fourth-order valence-electron chi connectivity index (χ4n) is 1.78. The predicted molar refractivity (Wildman–Crippen MR) is 82.7 cm³/mol. The molecule has 0 aliphatic heterocycles. The molecule has 1 aromatic carbocycles. The highest BCUT2D eigenvalue weighted by Gasteiger charge is 2.14. The molecule has 0 fully saturated rings. The summed E-state index contributed by atoms with van der Waals surface area (Å²) in [7, 11) is 0. The number of nitrogens with zero attached hydrogens (tertiary/aromatic N) is 3. The van der Waals surface area contributed by atoms with Crippen molar-refractivity contribution in [3.05, 3.63) is 51.3 Å². The van der Waals surface area contributed by atoms with Crippen molar-refractivity contribution in [2.24, 2.45) is 0 Å². The van der Waals surface area contributed by atoms with Gasteiger partial charge in [0.1, 0.15) is 0 Å². The van der Waals surface area contributed by atoms with E-state index in [-0.39, 0.29) is 11.2 Å². The lowest BCUT2D eigenvalue weighted by Crippen LogP contribution is -2.21. The van der Waals surface area contributed by atoms with Gasteiger partial charge in [-0.1, -0.05) is 11.6 Å². The van der Waals surface area contributed by atoms with Gasteiger partial charge in [-0.05, 0) is 26.8 Å². The Balaban J connectivity index is 2.11. The van der Waals surface area contributed by atoms with Crippen molar-refractivity contribution in [1.82, 2.24) is 9.78 Å². The van der Waals surface area contributed by atoms with Gasteiger partial charge in [0, 0.05) is 30.4 Å². The first-order chi connectivity index (χ1) is 9.77. The molecule has 112 valence electrons. The van der Waals surface area contributed by atoms with Crippen molar-refractivity contribution in [2.75, 3.05) is 5.32 Å². The second-order valence-corrected chi connectivity index (χ2v) is 6.15. The summed E-state index contributed by atoms with van der Waals surface area (Å²) in [6.45, 7) is 6.69. The summed E-state index contributed by atoms with van der Waals surface area (Å²) in [5.74, 6) is 0. The second-order valence-electron chi connectivity index (χ2n) is 5.74. The van der Waals surface area contributed by atoms with E-state index < -0.39 is 4.92 Å². The molecule has 1 heterocycles. The summed E-state index contributed by atoms with van der Waals surface area (Å²) < 4.78 is 1.87. The van der Waals surface area contributed by atoms with E-state index in [2.05, 4.69) is 31.2 Å². The van der Waals surface area contributed by atoms with Crippen LogP contribution in [0.3, 0.4) is 0 Å². The molecule has 0 saturated carbocycles. The highest BCUT2D eigenvalue weighted by molar-refractivity contribution is 6.33. The van der Waals surface area contributed by atoms with E-state index in [0.717, 1.165) is 5.56 Å². The minimum Gasteiger partial charge on any atom is -0.379 e. The van der Waals surface area contributed by atoms with Crippen LogP contribution in [0.2, 0.25) is 5.02 Å². The van der Waals surface area contributed by atoms with Crippen LogP contribution < -0.4 is 5.32 Å². The van der Waals surface area contributed by atoms with Crippen LogP contribution in [0.4, 0.5) is 11.4 Å². The molecule has 0 bridgehead atoms. The fraction of sp³-hybridized carbons (Fsp3) is 0.357. The zero-order valence-corrected chi connectivity index (χ0v) is 12.9. The van der Waals surface area contributed by atoms with Crippen LogP contribution in [-0.2, 0) is 12.1 Å². The van der Waals surface area contributed by atoms with Crippen LogP contribution in [-0.4, -0.2) is 14.7 Å². The zero-order chi connectivity index (χ0) is 15.6. The number of aromatic nitrogens is 2. The monoisotopic (exact) mass is 308 g/mol. The van der Waals surface area contributed by atoms with Crippen molar-refractivity contribution in [1.29, 1.82) is 0 Å². The van der Waals surface area contributed by atoms with Gasteiger partial charge in [-0.15, -0.1) is 0 Å². The number of rotatable bonds is 4. The van der Waals surface area contributed by atoms with Gasteiger partial charge in [-0.3, -0.25) is 14.8 Å². The molecule has 1 aromatic heterocycles. The summed E-state index contributed by atoms with van der Waals surface area (Å²) in [6.07, 6.45) is 3.71. The van der Waals surface area contributed by atoms with Gasteiger partial charge in [0.15, 0.2) is 0 Å². The van der Waals surface area contributed by atoms with Crippen molar-refractivity contribution in [3.8, 4) is 0 Å². The van der Waals surface area contributed by atoms with E-state index in [4.69, 9.17) is 11.6 Å². The summed E-state index contributed by atoms with van der Waals surface area (Å²) in [5.41, 5.74) is 1.44. The van der Waals surface area contributed by atoms with Gasteiger partial charge in [-0.2, -0.15) is 5.10 Å². The molecule has 0 saturated heterocycles. The fourth-order valence-corrected chi connectivity index (χ4v) is 1.96. The topological polar surface area (TPSA) is 73.0 Å². The summed E-state index contributed by atoms with van der Waals surface area (Å²) in [5, 5.41) is 18.6. The van der Waals surface area contributed by atoms with Gasteiger partial charge >= 0.3 is 0 Å². The van der Waals surface area contributed by atoms with E-state index >= 15 is 0 Å². The van der Waals surface area contributed by atoms with Gasteiger partial charge < -0.3 is 5.32 Å². The second kappa shape index (κ2) is 5.73. The molecule has 0 atom stereocenters. The van der Waals surface area contributed by atoms with E-state index in [1.807, 2.05) is 10.9 Å². The Hall–Kier alpha value is -2.08. The van der Waals surface area contributed by atoms with Gasteiger partial charge in [0.05, 0.1) is 27.4 Å². The van der Waals surface area contributed by atoms with E-state index in [0.29, 0.717) is 17.3 Å². The normalized spacial score (nSPS) is 11.4. The summed E-state index contributed by atoms with van der Waals surface area (Å²) >= 11 is 6.04. The molecule has 0 radical (unpaired) electrons. The van der Waals surface area contributed by atoms with Crippen LogP contribution in [0.1, 0.15) is 26.3 Å². The first-order valence-electron chi connectivity index (χ1n) is 6.49. The third-order valence-corrected chi connectivity index (χ3v) is 3.30. The quantitative estimate of drug-likeness (QED) is 0.688. The Morgan fingerprint density at radius 3 is 2.71 bits per heavy atom. The third kappa shape index (κ3) is 3.72. The third-order valence-electron chi connectivity index (χ3n) is 2.97. The minimum atomic E-state index is -0.445. The van der Waals surface area contributed by atoms with Crippen LogP contribution in [0.15, 0.2) is 30.6 Å². The lowest BCUT2D eigenvalue weighted by Gasteiger charge is -2.18. The standard InChI is InChI=1S/C14H17ClN4O2/c1-14(2,3)18-9-10(8-17-18)7-16-13-6-11(19(20)21)4-5-12(13)15/h4-6,8-9,16H,7H2,1-3H3. The van der Waals surface area contributed by atoms with Crippen LogP contribution >= 0.6 is 11.6 Å². The number of hydrogen-bond acceptors (Lipinski definition) is 4. The van der Waals surface area contributed by atoms with Crippen LogP contribution in [0.5, 0.6) is 0 Å². The SMILES string of the molecule is CC(C)(C)n1cc(CNc2cc([N+](=O)[O-])ccc2Cl)cn1. The summed E-state index contributed by atoms with van der Waals surface area (Å²) in [4.78, 5) is 10.3. The number of benzene rings is 1. The maximum Gasteiger partial charge on any atom is 0.271 e. The average molecular weight is 309 g/mol. The molecular formula is C14H17ClN4O2. The molecule has 7 heteroatoms. The maximum absolute atomic E-state index is 10.8. The van der Waals surface area contributed by atoms with E-state index in [9.17, 15) is 10.1 Å². The molecule has 0 spiro atoms. The molecule has 2 rings (SSSR count). The minimum absolute atomic E-state index is 0.00675. The molecule has 0 amide bonds. The highest BCUT2D eigenvalue weighted by Crippen LogP contribution is 2.27. The largest absolute Gasteiger partial charge is 0.379 e.